The van der Waals surface area contributed by atoms with Gasteiger partial charge >= 0.3 is 18.2 Å². The number of likely N-dealkylation sites (N-methyl/N-ethyl adjacent to an activating group) is 1. The highest BCUT2D eigenvalue weighted by Gasteiger charge is 2.41. The van der Waals surface area contributed by atoms with Gasteiger partial charge in [0.2, 0.25) is 0 Å². The smallest absolute Gasteiger partial charge is 0.444 e. The van der Waals surface area contributed by atoms with E-state index in [1.165, 1.54) is 14.0 Å². The van der Waals surface area contributed by atoms with E-state index in [0.717, 1.165) is 4.90 Å². The molecule has 0 aliphatic carbocycles. The molecule has 0 fully saturated rings. The van der Waals surface area contributed by atoms with Crippen molar-refractivity contribution in [3.05, 3.63) is 0 Å². The number of nitrogens with zero attached hydrogens (tertiary/aromatic N) is 1. The summed E-state index contributed by atoms with van der Waals surface area (Å²) in [4.78, 5) is 36.2. The molecule has 0 saturated heterocycles. The predicted molar refractivity (Wildman–Crippen MR) is 78.9 cm³/mol. The average Bonchev–Trinajstić information content (AvgIpc) is 2.22. The van der Waals surface area contributed by atoms with E-state index in [0.29, 0.717) is 0 Å². The summed E-state index contributed by atoms with van der Waals surface area (Å²) in [6.45, 7) is 11.1. The molecule has 1 amide bonds. The Hall–Kier alpha value is -1.83. The van der Waals surface area contributed by atoms with Crippen LogP contribution in [0.5, 0.6) is 0 Å². The first kappa shape index (κ1) is 20.2. The SMILES string of the molecule is CN(C(=O)OC(C)(C)C)[C@](C)(N)C(=O)OC(=O)OC(C)(C)C. The predicted octanol–water partition coefficient (Wildman–Crippen LogP) is 2.01. The van der Waals surface area contributed by atoms with Crippen LogP contribution in [0.15, 0.2) is 0 Å². The Balaban J connectivity index is 4.88. The molecule has 0 rings (SSSR count). The number of esters is 1. The molecule has 0 aromatic rings. The Morgan fingerprint density at radius 2 is 1.27 bits per heavy atom. The van der Waals surface area contributed by atoms with Crippen LogP contribution < -0.4 is 5.73 Å². The Morgan fingerprint density at radius 1 is 0.864 bits per heavy atom. The molecule has 0 spiro atoms. The summed E-state index contributed by atoms with van der Waals surface area (Å²) in [6, 6.07) is 0. The maximum Gasteiger partial charge on any atom is 0.516 e. The number of hydrogen-bond donors (Lipinski definition) is 1. The van der Waals surface area contributed by atoms with Crippen molar-refractivity contribution in [3.8, 4) is 0 Å². The van der Waals surface area contributed by atoms with Crippen LogP contribution in [0.3, 0.4) is 0 Å². The molecule has 0 heterocycles. The van der Waals surface area contributed by atoms with E-state index in [-0.39, 0.29) is 0 Å². The number of carbonyl (C=O) groups is 3. The number of carbonyl (C=O) groups excluding carboxylic acids is 3. The van der Waals surface area contributed by atoms with Gasteiger partial charge in [0.25, 0.3) is 0 Å². The Morgan fingerprint density at radius 3 is 1.64 bits per heavy atom. The van der Waals surface area contributed by atoms with Crippen LogP contribution in [0.25, 0.3) is 0 Å². The van der Waals surface area contributed by atoms with E-state index in [1.807, 2.05) is 0 Å². The van der Waals surface area contributed by atoms with Gasteiger partial charge in [-0.1, -0.05) is 0 Å². The molecule has 0 aromatic carbocycles. The van der Waals surface area contributed by atoms with Gasteiger partial charge in [-0.2, -0.15) is 0 Å². The molecule has 0 aliphatic heterocycles. The topological polar surface area (TPSA) is 108 Å². The average molecular weight is 318 g/mol. The third-order valence-electron chi connectivity index (χ3n) is 2.34. The van der Waals surface area contributed by atoms with Crippen molar-refractivity contribution in [1.82, 2.24) is 4.90 Å². The van der Waals surface area contributed by atoms with Crippen LogP contribution >= 0.6 is 0 Å². The zero-order valence-corrected chi connectivity index (χ0v) is 14.5. The van der Waals surface area contributed by atoms with Crippen LogP contribution in [-0.2, 0) is 19.0 Å². The van der Waals surface area contributed by atoms with Crippen molar-refractivity contribution in [3.63, 3.8) is 0 Å². The summed E-state index contributed by atoms with van der Waals surface area (Å²) in [5.74, 6) is -1.13. The number of ether oxygens (including phenoxy) is 3. The summed E-state index contributed by atoms with van der Waals surface area (Å²) < 4.78 is 14.5. The molecule has 0 aromatic heterocycles. The molecular formula is C14H26N2O6. The van der Waals surface area contributed by atoms with Gasteiger partial charge in [-0.25, -0.2) is 14.4 Å². The second kappa shape index (κ2) is 6.51. The number of rotatable bonds is 2. The molecule has 0 saturated carbocycles. The molecule has 22 heavy (non-hydrogen) atoms. The second-order valence-electron chi connectivity index (χ2n) is 7.04. The first-order valence-electron chi connectivity index (χ1n) is 6.77. The van der Waals surface area contributed by atoms with Crippen LogP contribution in [0.2, 0.25) is 0 Å². The van der Waals surface area contributed by atoms with Gasteiger partial charge in [0.05, 0.1) is 0 Å². The molecule has 0 aliphatic rings. The van der Waals surface area contributed by atoms with Crippen molar-refractivity contribution >= 4 is 18.2 Å². The molecule has 0 bridgehead atoms. The quantitative estimate of drug-likeness (QED) is 0.471. The minimum Gasteiger partial charge on any atom is -0.444 e. The van der Waals surface area contributed by atoms with Gasteiger partial charge in [0, 0.05) is 7.05 Å². The lowest BCUT2D eigenvalue weighted by atomic mass is 10.2. The largest absolute Gasteiger partial charge is 0.516 e. The molecule has 1 atom stereocenters. The number of hydrogen-bond acceptors (Lipinski definition) is 7. The van der Waals surface area contributed by atoms with E-state index in [1.54, 1.807) is 41.5 Å². The van der Waals surface area contributed by atoms with E-state index >= 15 is 0 Å². The summed E-state index contributed by atoms with van der Waals surface area (Å²) in [5.41, 5.74) is 2.32. The highest BCUT2D eigenvalue weighted by molar-refractivity contribution is 5.90. The fourth-order valence-corrected chi connectivity index (χ4v) is 1.11. The first-order chi connectivity index (χ1) is 9.56. The second-order valence-corrected chi connectivity index (χ2v) is 7.04. The van der Waals surface area contributed by atoms with Gasteiger partial charge in [-0.15, -0.1) is 0 Å². The summed E-state index contributed by atoms with van der Waals surface area (Å²) in [5, 5.41) is 0. The van der Waals surface area contributed by atoms with Crippen molar-refractivity contribution in [2.45, 2.75) is 65.3 Å². The first-order valence-corrected chi connectivity index (χ1v) is 6.77. The van der Waals surface area contributed by atoms with E-state index in [4.69, 9.17) is 15.2 Å². The van der Waals surface area contributed by atoms with E-state index in [2.05, 4.69) is 4.74 Å². The van der Waals surface area contributed by atoms with Crippen LogP contribution in [0.4, 0.5) is 9.59 Å². The highest BCUT2D eigenvalue weighted by atomic mass is 16.7. The summed E-state index contributed by atoms with van der Waals surface area (Å²) in [7, 11) is 1.27. The molecule has 8 nitrogen and oxygen atoms in total. The van der Waals surface area contributed by atoms with E-state index in [9.17, 15) is 14.4 Å². The fourth-order valence-electron chi connectivity index (χ4n) is 1.11. The number of nitrogens with two attached hydrogens (primary N) is 1. The molecular weight excluding hydrogens is 292 g/mol. The minimum atomic E-state index is -1.89. The van der Waals surface area contributed by atoms with Gasteiger partial charge in [-0.05, 0) is 48.5 Å². The Labute approximate surface area is 130 Å². The highest BCUT2D eigenvalue weighted by Crippen LogP contribution is 2.16. The number of amides is 1. The third kappa shape index (κ3) is 6.75. The van der Waals surface area contributed by atoms with Crippen molar-refractivity contribution in [1.29, 1.82) is 0 Å². The summed E-state index contributed by atoms with van der Waals surface area (Å²) in [6.07, 6.45) is -2.01. The monoisotopic (exact) mass is 318 g/mol. The van der Waals surface area contributed by atoms with Crippen molar-refractivity contribution < 1.29 is 28.6 Å². The minimum absolute atomic E-state index is 0.753. The molecule has 8 heteroatoms. The van der Waals surface area contributed by atoms with E-state index < -0.39 is 35.1 Å². The zero-order valence-electron chi connectivity index (χ0n) is 14.5. The zero-order chi connectivity index (χ0) is 17.9. The normalized spacial score (nSPS) is 14.6. The molecule has 0 unspecified atom stereocenters. The fraction of sp³-hybridized carbons (Fsp3) is 0.786. The van der Waals surface area contributed by atoms with Gasteiger partial charge in [0.15, 0.2) is 5.66 Å². The third-order valence-corrected chi connectivity index (χ3v) is 2.34. The molecule has 2 N–H and O–H groups in total. The van der Waals surface area contributed by atoms with Gasteiger partial charge in [0.1, 0.15) is 11.2 Å². The summed E-state index contributed by atoms with van der Waals surface area (Å²) >= 11 is 0. The maximum absolute atomic E-state index is 12.0. The lowest BCUT2D eigenvalue weighted by Gasteiger charge is -2.34. The lowest BCUT2D eigenvalue weighted by molar-refractivity contribution is -0.153. The Bertz CT molecular complexity index is 445. The van der Waals surface area contributed by atoms with Crippen molar-refractivity contribution in [2.75, 3.05) is 7.05 Å². The molecule has 0 radical (unpaired) electrons. The van der Waals surface area contributed by atoms with Crippen LogP contribution in [0.1, 0.15) is 48.5 Å². The van der Waals surface area contributed by atoms with Gasteiger partial charge < -0.3 is 14.2 Å². The maximum atomic E-state index is 12.0. The van der Waals surface area contributed by atoms with Gasteiger partial charge in [-0.3, -0.25) is 10.6 Å². The standard InChI is InChI=1S/C14H26N2O6/c1-12(2,3)21-10(18)16(8)14(7,15)9(17)20-11(19)22-13(4,5)6/h15H2,1-8H3/t14-/m0/s1. The molecule has 128 valence electrons. The Kier molecular flexibility index (Phi) is 5.97. The van der Waals surface area contributed by atoms with Crippen LogP contribution in [0, 0.1) is 0 Å². The van der Waals surface area contributed by atoms with Crippen LogP contribution in [-0.4, -0.2) is 47.0 Å². The lowest BCUT2D eigenvalue weighted by Crippen LogP contribution is -2.61. The van der Waals surface area contributed by atoms with Crippen molar-refractivity contribution in [2.24, 2.45) is 5.73 Å².